The summed E-state index contributed by atoms with van der Waals surface area (Å²) >= 11 is 3.44. The molecule has 1 saturated heterocycles. The van der Waals surface area contributed by atoms with Gasteiger partial charge >= 0.3 is 0 Å². The lowest BCUT2D eigenvalue weighted by molar-refractivity contribution is 0.0924. The van der Waals surface area contributed by atoms with Crippen molar-refractivity contribution in [2.24, 2.45) is 0 Å². The van der Waals surface area contributed by atoms with E-state index in [0.717, 1.165) is 41.7 Å². The van der Waals surface area contributed by atoms with E-state index in [1.54, 1.807) is 6.20 Å². The Bertz CT molecular complexity index is 710. The summed E-state index contributed by atoms with van der Waals surface area (Å²) in [4.78, 5) is 12.7. The fourth-order valence-electron chi connectivity index (χ4n) is 3.23. The monoisotopic (exact) mass is 390 g/mol. The molecule has 24 heavy (non-hydrogen) atoms. The molecule has 2 atom stereocenters. The molecule has 1 aromatic heterocycles. The molecule has 0 saturated carbocycles. The fraction of sp³-hybridized carbons (Fsp3) is 0.444. The first-order chi connectivity index (χ1) is 11.6. The van der Waals surface area contributed by atoms with Gasteiger partial charge in [-0.15, -0.1) is 0 Å². The van der Waals surface area contributed by atoms with Gasteiger partial charge in [0.25, 0.3) is 5.91 Å². The highest BCUT2D eigenvalue weighted by Gasteiger charge is 2.23. The zero-order valence-electron chi connectivity index (χ0n) is 14.1. The summed E-state index contributed by atoms with van der Waals surface area (Å²) in [7, 11) is 0. The SMILES string of the molecule is CCc1c(C(=O)NC2CCNC(C)C2)cnn1-c1ccc(Br)cc1. The third-order valence-electron chi connectivity index (χ3n) is 4.48. The minimum Gasteiger partial charge on any atom is -0.349 e. The molecule has 3 rings (SSSR count). The molecule has 2 aromatic rings. The lowest BCUT2D eigenvalue weighted by Crippen LogP contribution is -2.46. The largest absolute Gasteiger partial charge is 0.349 e. The minimum atomic E-state index is -0.0192. The van der Waals surface area contributed by atoms with E-state index in [-0.39, 0.29) is 11.9 Å². The Morgan fingerprint density at radius 2 is 2.17 bits per heavy atom. The van der Waals surface area contributed by atoms with E-state index < -0.39 is 0 Å². The van der Waals surface area contributed by atoms with Crippen molar-refractivity contribution in [2.45, 2.75) is 45.2 Å². The molecule has 0 bridgehead atoms. The van der Waals surface area contributed by atoms with Crippen molar-refractivity contribution in [3.63, 3.8) is 0 Å². The summed E-state index contributed by atoms with van der Waals surface area (Å²) in [5.41, 5.74) is 2.58. The summed E-state index contributed by atoms with van der Waals surface area (Å²) in [6, 6.07) is 8.62. The molecule has 1 aromatic carbocycles. The number of aromatic nitrogens is 2. The third-order valence-corrected chi connectivity index (χ3v) is 5.01. The van der Waals surface area contributed by atoms with Crippen molar-refractivity contribution in [2.75, 3.05) is 6.54 Å². The Kier molecular flexibility index (Phi) is 5.36. The highest BCUT2D eigenvalue weighted by atomic mass is 79.9. The Balaban J connectivity index is 1.80. The Labute approximate surface area is 151 Å². The Morgan fingerprint density at radius 3 is 2.83 bits per heavy atom. The zero-order chi connectivity index (χ0) is 17.1. The standard InChI is InChI=1S/C18H23BrN4O/c1-3-17-16(18(24)22-14-8-9-20-12(2)10-14)11-21-23(17)15-6-4-13(19)5-7-15/h4-7,11-12,14,20H,3,8-10H2,1-2H3,(H,22,24). The van der Waals surface area contributed by atoms with Crippen molar-refractivity contribution >= 4 is 21.8 Å². The van der Waals surface area contributed by atoms with Crippen molar-refractivity contribution in [3.8, 4) is 5.69 Å². The Hall–Kier alpha value is -1.66. The number of hydrogen-bond donors (Lipinski definition) is 2. The lowest BCUT2D eigenvalue weighted by Gasteiger charge is -2.28. The van der Waals surface area contributed by atoms with Crippen LogP contribution >= 0.6 is 15.9 Å². The maximum absolute atomic E-state index is 12.7. The number of amides is 1. The molecule has 1 amide bonds. The van der Waals surface area contributed by atoms with Crippen LogP contribution in [0.4, 0.5) is 0 Å². The van der Waals surface area contributed by atoms with E-state index in [1.165, 1.54) is 0 Å². The molecule has 0 aliphatic carbocycles. The molecule has 2 unspecified atom stereocenters. The van der Waals surface area contributed by atoms with E-state index in [0.29, 0.717) is 11.6 Å². The smallest absolute Gasteiger partial charge is 0.254 e. The topological polar surface area (TPSA) is 59.0 Å². The van der Waals surface area contributed by atoms with Gasteiger partial charge < -0.3 is 10.6 Å². The van der Waals surface area contributed by atoms with Gasteiger partial charge in [0, 0.05) is 16.6 Å². The average Bonchev–Trinajstić information content (AvgIpc) is 2.99. The van der Waals surface area contributed by atoms with E-state index in [1.807, 2.05) is 28.9 Å². The second-order valence-electron chi connectivity index (χ2n) is 6.30. The third kappa shape index (κ3) is 3.70. The van der Waals surface area contributed by atoms with Crippen LogP contribution in [0.3, 0.4) is 0 Å². The Morgan fingerprint density at radius 1 is 1.42 bits per heavy atom. The van der Waals surface area contributed by atoms with Crippen molar-refractivity contribution < 1.29 is 4.79 Å². The number of hydrogen-bond acceptors (Lipinski definition) is 3. The fourth-order valence-corrected chi connectivity index (χ4v) is 3.50. The number of rotatable bonds is 4. The van der Waals surface area contributed by atoms with Crippen LogP contribution in [0.1, 0.15) is 42.7 Å². The maximum Gasteiger partial charge on any atom is 0.254 e. The average molecular weight is 391 g/mol. The van der Waals surface area contributed by atoms with E-state index in [4.69, 9.17) is 0 Å². The quantitative estimate of drug-likeness (QED) is 0.842. The number of carbonyl (C=O) groups is 1. The molecule has 1 fully saturated rings. The molecule has 2 heterocycles. The van der Waals surface area contributed by atoms with Crippen LogP contribution in [0.5, 0.6) is 0 Å². The summed E-state index contributed by atoms with van der Waals surface area (Å²) in [6.45, 7) is 5.15. The van der Waals surface area contributed by atoms with Gasteiger partial charge in [-0.1, -0.05) is 22.9 Å². The molecule has 128 valence electrons. The van der Waals surface area contributed by atoms with Gasteiger partial charge in [-0.25, -0.2) is 4.68 Å². The zero-order valence-corrected chi connectivity index (χ0v) is 15.6. The molecular formula is C18H23BrN4O. The number of carbonyl (C=O) groups excluding carboxylic acids is 1. The highest BCUT2D eigenvalue weighted by molar-refractivity contribution is 9.10. The molecule has 6 heteroatoms. The predicted octanol–water partition coefficient (Wildman–Crippen LogP) is 3.07. The van der Waals surface area contributed by atoms with Gasteiger partial charge in [0.05, 0.1) is 23.1 Å². The maximum atomic E-state index is 12.7. The van der Waals surface area contributed by atoms with Gasteiger partial charge in [-0.3, -0.25) is 4.79 Å². The minimum absolute atomic E-state index is 0.0192. The first-order valence-corrected chi connectivity index (χ1v) is 9.25. The second-order valence-corrected chi connectivity index (χ2v) is 7.21. The molecule has 0 spiro atoms. The summed E-state index contributed by atoms with van der Waals surface area (Å²) in [5, 5.41) is 11.0. The number of nitrogens with one attached hydrogen (secondary N) is 2. The van der Waals surface area contributed by atoms with Crippen LogP contribution in [-0.2, 0) is 6.42 Å². The lowest BCUT2D eigenvalue weighted by atomic mass is 10.00. The first-order valence-electron chi connectivity index (χ1n) is 8.45. The van der Waals surface area contributed by atoms with Crippen LogP contribution in [0.15, 0.2) is 34.9 Å². The van der Waals surface area contributed by atoms with Crippen LogP contribution in [0.2, 0.25) is 0 Å². The molecule has 1 aliphatic heterocycles. The summed E-state index contributed by atoms with van der Waals surface area (Å²) in [5.74, 6) is -0.0192. The van der Waals surface area contributed by atoms with E-state index in [9.17, 15) is 4.79 Å². The van der Waals surface area contributed by atoms with E-state index >= 15 is 0 Å². The van der Waals surface area contributed by atoms with Crippen molar-refractivity contribution in [1.82, 2.24) is 20.4 Å². The molecule has 1 aliphatic rings. The second kappa shape index (κ2) is 7.49. The van der Waals surface area contributed by atoms with Crippen LogP contribution in [-0.4, -0.2) is 34.3 Å². The van der Waals surface area contributed by atoms with Gasteiger partial charge in [-0.05, 0) is 57.0 Å². The number of halogens is 1. The van der Waals surface area contributed by atoms with Gasteiger partial charge in [0.1, 0.15) is 0 Å². The van der Waals surface area contributed by atoms with Gasteiger partial charge in [0.15, 0.2) is 0 Å². The highest BCUT2D eigenvalue weighted by Crippen LogP contribution is 2.19. The molecule has 2 N–H and O–H groups in total. The summed E-state index contributed by atoms with van der Waals surface area (Å²) < 4.78 is 2.88. The number of benzene rings is 1. The summed E-state index contributed by atoms with van der Waals surface area (Å²) in [6.07, 6.45) is 4.37. The van der Waals surface area contributed by atoms with Crippen LogP contribution in [0.25, 0.3) is 5.69 Å². The van der Waals surface area contributed by atoms with Crippen LogP contribution in [0, 0.1) is 0 Å². The molecular weight excluding hydrogens is 368 g/mol. The number of nitrogens with zero attached hydrogens (tertiary/aromatic N) is 2. The van der Waals surface area contributed by atoms with Crippen molar-refractivity contribution in [1.29, 1.82) is 0 Å². The molecule has 5 nitrogen and oxygen atoms in total. The predicted molar refractivity (Wildman–Crippen MR) is 98.6 cm³/mol. The number of piperidine rings is 1. The van der Waals surface area contributed by atoms with Gasteiger partial charge in [0.2, 0.25) is 0 Å². The van der Waals surface area contributed by atoms with E-state index in [2.05, 4.69) is 45.5 Å². The van der Waals surface area contributed by atoms with Crippen molar-refractivity contribution in [3.05, 3.63) is 46.2 Å². The first kappa shape index (κ1) is 17.2. The molecule has 0 radical (unpaired) electrons. The van der Waals surface area contributed by atoms with Gasteiger partial charge in [-0.2, -0.15) is 5.10 Å². The van der Waals surface area contributed by atoms with Crippen LogP contribution < -0.4 is 10.6 Å². The normalized spacial score (nSPS) is 20.8.